The minimum Gasteiger partial charge on any atom is -0.319 e. The van der Waals surface area contributed by atoms with Gasteiger partial charge in [0.15, 0.2) is 4.77 Å². The van der Waals surface area contributed by atoms with Crippen LogP contribution in [0.5, 0.6) is 0 Å². The van der Waals surface area contributed by atoms with Gasteiger partial charge in [-0.25, -0.2) is 0 Å². The lowest BCUT2D eigenvalue weighted by Gasteiger charge is -2.00. The first-order valence-corrected chi connectivity index (χ1v) is 6.57. The molecule has 94 valence electrons. The van der Waals surface area contributed by atoms with E-state index in [1.807, 2.05) is 52.6 Å². The van der Waals surface area contributed by atoms with Crippen LogP contribution in [0.2, 0.25) is 0 Å². The van der Waals surface area contributed by atoms with E-state index in [0.29, 0.717) is 0 Å². The molecule has 0 N–H and O–H groups in total. The fourth-order valence-corrected chi connectivity index (χ4v) is 2.44. The number of hydrogen-bond donors (Lipinski definition) is 0. The average molecular weight is 266 g/mol. The van der Waals surface area contributed by atoms with Gasteiger partial charge >= 0.3 is 0 Å². The monoisotopic (exact) mass is 266 g/mol. The second-order valence-electron chi connectivity index (χ2n) is 4.43. The molecule has 0 bridgehead atoms. The van der Waals surface area contributed by atoms with Gasteiger partial charge in [-0.2, -0.15) is 0 Å². The van der Waals surface area contributed by atoms with E-state index in [-0.39, 0.29) is 0 Å². The van der Waals surface area contributed by atoms with E-state index in [2.05, 4.69) is 30.5 Å². The summed E-state index contributed by atoms with van der Waals surface area (Å²) in [5.74, 6) is 0. The Balaban J connectivity index is 2.19. The summed E-state index contributed by atoms with van der Waals surface area (Å²) in [6.07, 6.45) is 2.09. The predicted octanol–water partition coefficient (Wildman–Crippen LogP) is 4.21. The van der Waals surface area contributed by atoms with Crippen molar-refractivity contribution in [2.45, 2.75) is 0 Å². The Kier molecular flexibility index (Phi) is 3.05. The van der Waals surface area contributed by atoms with Crippen LogP contribution in [0.4, 0.5) is 0 Å². The number of nitrogens with zero attached hydrogens (tertiary/aromatic N) is 2. The Labute approximate surface area is 117 Å². The molecule has 3 heteroatoms. The maximum Gasteiger partial charge on any atom is 0.184 e. The molecule has 0 unspecified atom stereocenters. The van der Waals surface area contributed by atoms with Crippen LogP contribution < -0.4 is 0 Å². The molecule has 2 aromatic carbocycles. The van der Waals surface area contributed by atoms with Gasteiger partial charge in [-0.3, -0.25) is 4.57 Å². The van der Waals surface area contributed by atoms with Crippen molar-refractivity contribution >= 4 is 12.2 Å². The number of aromatic nitrogens is 2. The summed E-state index contributed by atoms with van der Waals surface area (Å²) in [4.78, 5) is 0. The van der Waals surface area contributed by atoms with Crippen molar-refractivity contribution in [3.8, 4) is 16.9 Å². The lowest BCUT2D eigenvalue weighted by Crippen LogP contribution is -1.94. The van der Waals surface area contributed by atoms with Gasteiger partial charge in [0.25, 0.3) is 0 Å². The van der Waals surface area contributed by atoms with Crippen LogP contribution in [-0.2, 0) is 7.05 Å². The van der Waals surface area contributed by atoms with E-state index < -0.39 is 0 Å². The highest BCUT2D eigenvalue weighted by Gasteiger charge is 2.08. The third kappa shape index (κ3) is 2.13. The lowest BCUT2D eigenvalue weighted by molar-refractivity contribution is 0.867. The summed E-state index contributed by atoms with van der Waals surface area (Å²) in [6.45, 7) is 0. The van der Waals surface area contributed by atoms with Gasteiger partial charge in [0.2, 0.25) is 0 Å². The molecule has 3 rings (SSSR count). The molecule has 0 atom stereocenters. The number of rotatable bonds is 2. The average Bonchev–Trinajstić information content (AvgIpc) is 2.77. The predicted molar refractivity (Wildman–Crippen MR) is 81.0 cm³/mol. The zero-order valence-corrected chi connectivity index (χ0v) is 11.5. The van der Waals surface area contributed by atoms with Crippen LogP contribution in [0, 0.1) is 4.77 Å². The van der Waals surface area contributed by atoms with Gasteiger partial charge < -0.3 is 4.57 Å². The molecule has 0 saturated heterocycles. The minimum atomic E-state index is 0.796. The molecule has 0 spiro atoms. The summed E-state index contributed by atoms with van der Waals surface area (Å²) in [6, 6.07) is 20.5. The molecule has 0 aliphatic rings. The van der Waals surface area contributed by atoms with Crippen LogP contribution in [0.1, 0.15) is 0 Å². The summed E-state index contributed by atoms with van der Waals surface area (Å²) in [5.41, 5.74) is 3.38. The van der Waals surface area contributed by atoms with Crippen molar-refractivity contribution < 1.29 is 0 Å². The third-order valence-electron chi connectivity index (χ3n) is 3.21. The van der Waals surface area contributed by atoms with Crippen LogP contribution >= 0.6 is 12.2 Å². The highest BCUT2D eigenvalue weighted by Crippen LogP contribution is 2.22. The Morgan fingerprint density at radius 2 is 1.42 bits per heavy atom. The van der Waals surface area contributed by atoms with E-state index in [1.54, 1.807) is 0 Å². The van der Waals surface area contributed by atoms with E-state index in [4.69, 9.17) is 12.2 Å². The fraction of sp³-hybridized carbons (Fsp3) is 0.0625. The van der Waals surface area contributed by atoms with Crippen molar-refractivity contribution in [2.75, 3.05) is 0 Å². The molecular weight excluding hydrogens is 252 g/mol. The third-order valence-corrected chi connectivity index (χ3v) is 3.68. The van der Waals surface area contributed by atoms with Gasteiger partial charge in [-0.05, 0) is 29.9 Å². The quantitative estimate of drug-likeness (QED) is 0.632. The first-order valence-electron chi connectivity index (χ1n) is 6.16. The van der Waals surface area contributed by atoms with Crippen molar-refractivity contribution in [3.63, 3.8) is 0 Å². The van der Waals surface area contributed by atoms with Crippen molar-refractivity contribution in [1.29, 1.82) is 0 Å². The van der Waals surface area contributed by atoms with Crippen LogP contribution in [0.3, 0.4) is 0 Å². The molecule has 3 aromatic rings. The highest BCUT2D eigenvalue weighted by molar-refractivity contribution is 7.71. The molecule has 1 aromatic heterocycles. The van der Waals surface area contributed by atoms with Crippen LogP contribution in [-0.4, -0.2) is 9.13 Å². The SMILES string of the molecule is Cn1c(-c2ccccc2)cn(-c2ccccc2)c1=S. The smallest absolute Gasteiger partial charge is 0.184 e. The largest absolute Gasteiger partial charge is 0.319 e. The van der Waals surface area contributed by atoms with Gasteiger partial charge in [0.05, 0.1) is 5.69 Å². The number of hydrogen-bond acceptors (Lipinski definition) is 1. The van der Waals surface area contributed by atoms with Gasteiger partial charge in [-0.1, -0.05) is 48.5 Å². The number of benzene rings is 2. The van der Waals surface area contributed by atoms with E-state index >= 15 is 0 Å². The molecule has 2 nitrogen and oxygen atoms in total. The second kappa shape index (κ2) is 4.86. The maximum absolute atomic E-state index is 5.52. The summed E-state index contributed by atoms with van der Waals surface area (Å²) in [7, 11) is 2.00. The summed E-state index contributed by atoms with van der Waals surface area (Å²) >= 11 is 5.52. The molecule has 0 fully saturated rings. The van der Waals surface area contributed by atoms with Crippen LogP contribution in [0.15, 0.2) is 66.9 Å². The zero-order valence-electron chi connectivity index (χ0n) is 10.7. The Morgan fingerprint density at radius 3 is 2.05 bits per heavy atom. The molecule has 0 saturated carbocycles. The topological polar surface area (TPSA) is 9.86 Å². The number of imidazole rings is 1. The van der Waals surface area contributed by atoms with Gasteiger partial charge in [0.1, 0.15) is 0 Å². The van der Waals surface area contributed by atoms with Gasteiger partial charge in [-0.15, -0.1) is 0 Å². The van der Waals surface area contributed by atoms with E-state index in [1.165, 1.54) is 5.56 Å². The molecular formula is C16H14N2S. The first-order chi connectivity index (χ1) is 9.27. The van der Waals surface area contributed by atoms with E-state index in [9.17, 15) is 0 Å². The highest BCUT2D eigenvalue weighted by atomic mass is 32.1. The van der Waals surface area contributed by atoms with Crippen molar-refractivity contribution in [2.24, 2.45) is 7.05 Å². The molecule has 0 radical (unpaired) electrons. The van der Waals surface area contributed by atoms with Crippen LogP contribution in [0.25, 0.3) is 16.9 Å². The maximum atomic E-state index is 5.52. The normalized spacial score (nSPS) is 10.6. The lowest BCUT2D eigenvalue weighted by atomic mass is 10.2. The second-order valence-corrected chi connectivity index (χ2v) is 4.79. The Hall–Kier alpha value is -2.13. The van der Waals surface area contributed by atoms with Crippen molar-refractivity contribution in [3.05, 3.63) is 71.6 Å². The molecule has 0 aliphatic heterocycles. The Morgan fingerprint density at radius 1 is 0.842 bits per heavy atom. The summed E-state index contributed by atoms with van der Waals surface area (Å²) < 4.78 is 4.88. The first kappa shape index (κ1) is 11.9. The molecule has 19 heavy (non-hydrogen) atoms. The van der Waals surface area contributed by atoms with Gasteiger partial charge in [0, 0.05) is 18.9 Å². The minimum absolute atomic E-state index is 0.796. The molecule has 0 amide bonds. The van der Waals surface area contributed by atoms with Crippen molar-refractivity contribution in [1.82, 2.24) is 9.13 Å². The summed E-state index contributed by atoms with van der Waals surface area (Å²) in [5, 5.41) is 0. The number of para-hydroxylation sites is 1. The standard InChI is InChI=1S/C16H14N2S/c1-17-15(13-8-4-2-5-9-13)12-18(16(17)19)14-10-6-3-7-11-14/h2-12H,1H3. The Bertz CT molecular complexity index is 739. The molecule has 0 aliphatic carbocycles. The zero-order chi connectivity index (χ0) is 13.2. The van der Waals surface area contributed by atoms with E-state index in [0.717, 1.165) is 16.2 Å². The molecule has 1 heterocycles. The fourth-order valence-electron chi connectivity index (χ4n) is 2.18.